The van der Waals surface area contributed by atoms with Crippen LogP contribution in [0.15, 0.2) is 42.5 Å². The van der Waals surface area contributed by atoms with Crippen LogP contribution in [0.5, 0.6) is 5.75 Å². The molecular weight excluding hydrogens is 342 g/mol. The first-order chi connectivity index (χ1) is 12.1. The number of nitrogens with one attached hydrogen (secondary N) is 1. The van der Waals surface area contributed by atoms with Crippen LogP contribution in [0.4, 0.5) is 11.5 Å². The third-order valence-corrected chi connectivity index (χ3v) is 4.09. The molecule has 6 nitrogen and oxygen atoms in total. The van der Waals surface area contributed by atoms with Gasteiger partial charge in [0.1, 0.15) is 16.7 Å². The van der Waals surface area contributed by atoms with Gasteiger partial charge in [-0.25, -0.2) is 4.98 Å². The smallest absolute Gasteiger partial charge is 0.268 e. The van der Waals surface area contributed by atoms with Crippen molar-refractivity contribution in [1.82, 2.24) is 4.98 Å². The van der Waals surface area contributed by atoms with E-state index in [9.17, 15) is 9.59 Å². The van der Waals surface area contributed by atoms with Crippen LogP contribution in [0.2, 0.25) is 5.15 Å². The van der Waals surface area contributed by atoms with Gasteiger partial charge in [-0.2, -0.15) is 0 Å². The Hall–Kier alpha value is -2.60. The summed E-state index contributed by atoms with van der Waals surface area (Å²) in [6, 6.07) is 12.3. The maximum Gasteiger partial charge on any atom is 0.268 e. The normalized spacial score (nSPS) is 16.2. The number of pyridine rings is 1. The van der Waals surface area contributed by atoms with Crippen molar-refractivity contribution < 1.29 is 14.3 Å². The van der Waals surface area contributed by atoms with Crippen molar-refractivity contribution >= 4 is 34.9 Å². The van der Waals surface area contributed by atoms with E-state index in [1.165, 1.54) is 0 Å². The second kappa shape index (κ2) is 7.53. The molecule has 0 bridgehead atoms. The summed E-state index contributed by atoms with van der Waals surface area (Å²) in [7, 11) is 0. The van der Waals surface area contributed by atoms with Crippen LogP contribution in [-0.2, 0) is 9.59 Å². The lowest BCUT2D eigenvalue weighted by Gasteiger charge is -2.33. The zero-order chi connectivity index (χ0) is 17.8. The Morgan fingerprint density at radius 3 is 2.84 bits per heavy atom. The lowest BCUT2D eigenvalue weighted by molar-refractivity contribution is -0.126. The van der Waals surface area contributed by atoms with Gasteiger partial charge in [-0.1, -0.05) is 36.7 Å². The van der Waals surface area contributed by atoms with E-state index in [1.54, 1.807) is 23.1 Å². The van der Waals surface area contributed by atoms with Gasteiger partial charge < -0.3 is 15.0 Å². The predicted molar refractivity (Wildman–Crippen MR) is 96.0 cm³/mol. The van der Waals surface area contributed by atoms with Crippen molar-refractivity contribution in [2.75, 3.05) is 16.8 Å². The number of ether oxygens (including phenoxy) is 1. The van der Waals surface area contributed by atoms with Crippen molar-refractivity contribution in [3.05, 3.63) is 47.6 Å². The molecule has 1 aliphatic heterocycles. The van der Waals surface area contributed by atoms with Gasteiger partial charge in [-0.15, -0.1) is 0 Å². The molecule has 2 heterocycles. The van der Waals surface area contributed by atoms with Crippen LogP contribution in [0.3, 0.4) is 0 Å². The van der Waals surface area contributed by atoms with Gasteiger partial charge >= 0.3 is 0 Å². The molecule has 1 aliphatic rings. The monoisotopic (exact) mass is 359 g/mol. The Morgan fingerprint density at radius 1 is 1.28 bits per heavy atom. The first-order valence-corrected chi connectivity index (χ1v) is 8.45. The van der Waals surface area contributed by atoms with E-state index in [0.29, 0.717) is 28.8 Å². The van der Waals surface area contributed by atoms with E-state index in [1.807, 2.05) is 31.2 Å². The standard InChI is InChI=1S/C18H18ClN3O3/c1-2-13-18(24)22(12-6-3-4-7-14(12)25-13)11-10-17(23)21-16-9-5-8-15(19)20-16/h3-9,13H,2,10-11H2,1H3,(H,20,21,23). The maximum absolute atomic E-state index is 12.6. The van der Waals surface area contributed by atoms with Crippen molar-refractivity contribution in [3.63, 3.8) is 0 Å². The molecule has 7 heteroatoms. The fourth-order valence-corrected chi connectivity index (χ4v) is 2.82. The van der Waals surface area contributed by atoms with Crippen molar-refractivity contribution in [2.45, 2.75) is 25.9 Å². The highest BCUT2D eigenvalue weighted by molar-refractivity contribution is 6.29. The summed E-state index contributed by atoms with van der Waals surface area (Å²) in [4.78, 5) is 30.4. The van der Waals surface area contributed by atoms with E-state index in [4.69, 9.17) is 16.3 Å². The largest absolute Gasteiger partial charge is 0.478 e. The lowest BCUT2D eigenvalue weighted by Crippen LogP contribution is -2.46. The number of nitrogens with zero attached hydrogens (tertiary/aromatic N) is 2. The Morgan fingerprint density at radius 2 is 2.08 bits per heavy atom. The minimum absolute atomic E-state index is 0.130. The fourth-order valence-electron chi connectivity index (χ4n) is 2.66. The van der Waals surface area contributed by atoms with Crippen LogP contribution in [0.1, 0.15) is 19.8 Å². The fraction of sp³-hybridized carbons (Fsp3) is 0.278. The first kappa shape index (κ1) is 17.2. The van der Waals surface area contributed by atoms with Gasteiger partial charge in [0.25, 0.3) is 5.91 Å². The zero-order valence-corrected chi connectivity index (χ0v) is 14.5. The number of benzene rings is 1. The molecule has 0 saturated carbocycles. The number of fused-ring (bicyclic) bond motifs is 1. The average molecular weight is 360 g/mol. The number of rotatable bonds is 5. The van der Waals surface area contributed by atoms with Crippen LogP contribution in [0, 0.1) is 0 Å². The molecule has 0 radical (unpaired) electrons. The van der Waals surface area contributed by atoms with Crippen molar-refractivity contribution in [3.8, 4) is 5.75 Å². The van der Waals surface area contributed by atoms with Crippen molar-refractivity contribution in [2.24, 2.45) is 0 Å². The van der Waals surface area contributed by atoms with Gasteiger partial charge in [0, 0.05) is 13.0 Å². The summed E-state index contributed by atoms with van der Waals surface area (Å²) in [5.74, 6) is 0.679. The Labute approximate surface area is 150 Å². The van der Waals surface area contributed by atoms with Crippen LogP contribution >= 0.6 is 11.6 Å². The SMILES string of the molecule is CCC1Oc2ccccc2N(CCC(=O)Nc2cccc(Cl)n2)C1=O. The number of carbonyl (C=O) groups is 2. The first-order valence-electron chi connectivity index (χ1n) is 8.08. The van der Waals surface area contributed by atoms with Gasteiger partial charge in [0.05, 0.1) is 5.69 Å². The summed E-state index contributed by atoms with van der Waals surface area (Å²) >= 11 is 5.81. The molecule has 1 aromatic heterocycles. The highest BCUT2D eigenvalue weighted by atomic mass is 35.5. The van der Waals surface area contributed by atoms with Crippen LogP contribution < -0.4 is 15.0 Å². The Balaban J connectivity index is 1.69. The number of hydrogen-bond donors (Lipinski definition) is 1. The van der Waals surface area contributed by atoms with E-state index < -0.39 is 6.10 Å². The second-order valence-corrected chi connectivity index (χ2v) is 6.00. The molecule has 0 fully saturated rings. The number of anilines is 2. The molecule has 1 N–H and O–H groups in total. The van der Waals surface area contributed by atoms with E-state index >= 15 is 0 Å². The molecule has 2 amide bonds. The predicted octanol–water partition coefficient (Wildman–Crippen LogP) is 3.27. The Kier molecular flexibility index (Phi) is 5.19. The van der Waals surface area contributed by atoms with Crippen LogP contribution in [-0.4, -0.2) is 29.4 Å². The molecule has 130 valence electrons. The highest BCUT2D eigenvalue weighted by Crippen LogP contribution is 2.34. The molecule has 2 aromatic rings. The van der Waals surface area contributed by atoms with Gasteiger partial charge in [-0.3, -0.25) is 9.59 Å². The number of amides is 2. The summed E-state index contributed by atoms with van der Waals surface area (Å²) in [5, 5.41) is 2.99. The quantitative estimate of drug-likeness (QED) is 0.832. The zero-order valence-electron chi connectivity index (χ0n) is 13.7. The number of hydrogen-bond acceptors (Lipinski definition) is 4. The molecule has 0 saturated heterocycles. The molecule has 1 unspecified atom stereocenters. The Bertz CT molecular complexity index is 797. The molecule has 0 aliphatic carbocycles. The third kappa shape index (κ3) is 3.91. The number of halogens is 1. The summed E-state index contributed by atoms with van der Waals surface area (Å²) in [6.45, 7) is 2.16. The van der Waals surface area contributed by atoms with Gasteiger partial charge in [-0.05, 0) is 30.7 Å². The summed E-state index contributed by atoms with van der Waals surface area (Å²) < 4.78 is 5.72. The summed E-state index contributed by atoms with van der Waals surface area (Å²) in [6.07, 6.45) is 0.194. The van der Waals surface area contributed by atoms with Gasteiger partial charge in [0.15, 0.2) is 6.10 Å². The van der Waals surface area contributed by atoms with Crippen molar-refractivity contribution in [1.29, 1.82) is 0 Å². The number of carbonyl (C=O) groups excluding carboxylic acids is 2. The topological polar surface area (TPSA) is 71.5 Å². The molecule has 1 atom stereocenters. The van der Waals surface area contributed by atoms with Gasteiger partial charge in [0.2, 0.25) is 5.91 Å². The third-order valence-electron chi connectivity index (χ3n) is 3.88. The van der Waals surface area contributed by atoms with Crippen LogP contribution in [0.25, 0.3) is 0 Å². The van der Waals surface area contributed by atoms with E-state index in [-0.39, 0.29) is 24.8 Å². The van der Waals surface area contributed by atoms with E-state index in [2.05, 4.69) is 10.3 Å². The molecule has 25 heavy (non-hydrogen) atoms. The lowest BCUT2D eigenvalue weighted by atomic mass is 10.1. The molecular formula is C18H18ClN3O3. The molecule has 3 rings (SSSR count). The molecule has 1 aromatic carbocycles. The second-order valence-electron chi connectivity index (χ2n) is 5.62. The highest BCUT2D eigenvalue weighted by Gasteiger charge is 2.33. The number of aromatic nitrogens is 1. The maximum atomic E-state index is 12.6. The minimum atomic E-state index is -0.521. The molecule has 0 spiro atoms. The number of para-hydroxylation sites is 2. The summed E-state index contributed by atoms with van der Waals surface area (Å²) in [5.41, 5.74) is 0.686. The van der Waals surface area contributed by atoms with E-state index in [0.717, 1.165) is 0 Å². The average Bonchev–Trinajstić information content (AvgIpc) is 2.60. The minimum Gasteiger partial charge on any atom is -0.478 e.